The van der Waals surface area contributed by atoms with Gasteiger partial charge in [0, 0.05) is 12.6 Å². The molecule has 0 aromatic heterocycles. The molecule has 2 heteroatoms. The Morgan fingerprint density at radius 1 is 1.00 bits per heavy atom. The molecule has 0 heterocycles. The van der Waals surface area contributed by atoms with E-state index in [0.29, 0.717) is 6.04 Å². The third kappa shape index (κ3) is 7.34. The Morgan fingerprint density at radius 3 is 2.21 bits per heavy atom. The summed E-state index contributed by atoms with van der Waals surface area (Å²) in [5.41, 5.74) is 2.79. The van der Waals surface area contributed by atoms with Crippen LogP contribution in [0, 0.1) is 5.92 Å². The molecule has 0 saturated carbocycles. The molecule has 0 amide bonds. The first-order chi connectivity index (χ1) is 9.11. The quantitative estimate of drug-likeness (QED) is 0.713. The molecule has 108 valence electrons. The Morgan fingerprint density at radius 2 is 1.63 bits per heavy atom. The highest BCUT2D eigenvalue weighted by Gasteiger charge is 1.99. The zero-order valence-electron chi connectivity index (χ0n) is 13.0. The van der Waals surface area contributed by atoms with Crippen LogP contribution in [-0.4, -0.2) is 19.1 Å². The zero-order valence-corrected chi connectivity index (χ0v) is 13.0. The first-order valence-electron chi connectivity index (χ1n) is 7.63. The van der Waals surface area contributed by atoms with E-state index in [1.165, 1.54) is 17.5 Å². The summed E-state index contributed by atoms with van der Waals surface area (Å²) in [7, 11) is 0. The van der Waals surface area contributed by atoms with Crippen LogP contribution >= 0.6 is 0 Å². The first kappa shape index (κ1) is 16.2. The Hall–Kier alpha value is -0.860. The van der Waals surface area contributed by atoms with E-state index in [1.807, 2.05) is 0 Å². The van der Waals surface area contributed by atoms with Gasteiger partial charge in [-0.05, 0) is 36.6 Å². The van der Waals surface area contributed by atoms with Crippen LogP contribution in [0.1, 0.15) is 45.2 Å². The average Bonchev–Trinajstić information content (AvgIpc) is 2.40. The van der Waals surface area contributed by atoms with Gasteiger partial charge < -0.3 is 10.6 Å². The van der Waals surface area contributed by atoms with Gasteiger partial charge in [0.05, 0.1) is 0 Å². The summed E-state index contributed by atoms with van der Waals surface area (Å²) < 4.78 is 0. The van der Waals surface area contributed by atoms with Crippen LogP contribution in [0.3, 0.4) is 0 Å². The normalized spacial score (nSPS) is 12.9. The fraction of sp³-hybridized carbons (Fsp3) is 0.647. The molecule has 0 aliphatic heterocycles. The Labute approximate surface area is 119 Å². The van der Waals surface area contributed by atoms with Crippen molar-refractivity contribution in [2.75, 3.05) is 13.1 Å². The van der Waals surface area contributed by atoms with Gasteiger partial charge >= 0.3 is 0 Å². The summed E-state index contributed by atoms with van der Waals surface area (Å²) in [5.74, 6) is 0.765. The molecule has 1 aromatic carbocycles. The van der Waals surface area contributed by atoms with Gasteiger partial charge in [0.25, 0.3) is 0 Å². The van der Waals surface area contributed by atoms with Crippen molar-refractivity contribution in [1.82, 2.24) is 10.6 Å². The molecule has 1 atom stereocenters. The van der Waals surface area contributed by atoms with Gasteiger partial charge in [-0.25, -0.2) is 0 Å². The van der Waals surface area contributed by atoms with Crippen LogP contribution in [0.15, 0.2) is 24.3 Å². The van der Waals surface area contributed by atoms with E-state index in [9.17, 15) is 0 Å². The fourth-order valence-corrected chi connectivity index (χ4v) is 1.94. The van der Waals surface area contributed by atoms with Crippen LogP contribution in [0.5, 0.6) is 0 Å². The number of rotatable bonds is 9. The molecule has 0 radical (unpaired) electrons. The minimum Gasteiger partial charge on any atom is -0.314 e. The molecule has 1 aromatic rings. The summed E-state index contributed by atoms with van der Waals surface area (Å²) in [5, 5.41) is 6.97. The summed E-state index contributed by atoms with van der Waals surface area (Å²) in [6.07, 6.45) is 2.35. The van der Waals surface area contributed by atoms with Crippen LogP contribution in [0.4, 0.5) is 0 Å². The van der Waals surface area contributed by atoms with Crippen molar-refractivity contribution in [2.24, 2.45) is 5.92 Å². The largest absolute Gasteiger partial charge is 0.314 e. The lowest BCUT2D eigenvalue weighted by molar-refractivity contribution is 0.500. The van der Waals surface area contributed by atoms with Crippen LogP contribution in [0.25, 0.3) is 0 Å². The molecule has 0 saturated heterocycles. The lowest BCUT2D eigenvalue weighted by Gasteiger charge is -2.11. The van der Waals surface area contributed by atoms with Crippen molar-refractivity contribution in [3.05, 3.63) is 35.4 Å². The molecule has 2 nitrogen and oxygen atoms in total. The minimum absolute atomic E-state index is 0.573. The molecule has 0 spiro atoms. The zero-order chi connectivity index (χ0) is 14.1. The first-order valence-corrected chi connectivity index (χ1v) is 7.63. The third-order valence-corrected chi connectivity index (χ3v) is 3.51. The van der Waals surface area contributed by atoms with Crippen LogP contribution in [0.2, 0.25) is 0 Å². The second-order valence-corrected chi connectivity index (χ2v) is 5.82. The highest BCUT2D eigenvalue weighted by atomic mass is 14.9. The molecule has 2 N–H and O–H groups in total. The van der Waals surface area contributed by atoms with Gasteiger partial charge in [-0.15, -0.1) is 0 Å². The van der Waals surface area contributed by atoms with Gasteiger partial charge in [0.15, 0.2) is 0 Å². The highest BCUT2D eigenvalue weighted by molar-refractivity contribution is 5.22. The lowest BCUT2D eigenvalue weighted by Crippen LogP contribution is -2.24. The molecule has 19 heavy (non-hydrogen) atoms. The molecule has 1 unspecified atom stereocenters. The van der Waals surface area contributed by atoms with E-state index in [-0.39, 0.29) is 0 Å². The predicted molar refractivity (Wildman–Crippen MR) is 84.4 cm³/mol. The van der Waals surface area contributed by atoms with Crippen molar-refractivity contribution < 1.29 is 0 Å². The van der Waals surface area contributed by atoms with Gasteiger partial charge in [-0.1, -0.05) is 58.4 Å². The van der Waals surface area contributed by atoms with Crippen molar-refractivity contribution in [2.45, 2.75) is 53.1 Å². The lowest BCUT2D eigenvalue weighted by atomic mass is 10.1. The summed E-state index contributed by atoms with van der Waals surface area (Å²) in [6.45, 7) is 12.1. The van der Waals surface area contributed by atoms with E-state index in [4.69, 9.17) is 0 Å². The van der Waals surface area contributed by atoms with Crippen molar-refractivity contribution in [3.63, 3.8) is 0 Å². The maximum absolute atomic E-state index is 3.52. The molecule has 0 aliphatic rings. The van der Waals surface area contributed by atoms with Gasteiger partial charge in [-0.3, -0.25) is 0 Å². The summed E-state index contributed by atoms with van der Waals surface area (Å²) in [4.78, 5) is 0. The van der Waals surface area contributed by atoms with E-state index >= 15 is 0 Å². The second-order valence-electron chi connectivity index (χ2n) is 5.82. The van der Waals surface area contributed by atoms with Crippen molar-refractivity contribution >= 4 is 0 Å². The third-order valence-electron chi connectivity index (χ3n) is 3.51. The summed E-state index contributed by atoms with van der Waals surface area (Å²) >= 11 is 0. The Bertz CT molecular complexity index is 330. The second kappa shape index (κ2) is 9.11. The number of hydrogen-bond donors (Lipinski definition) is 2. The molecule has 1 rings (SSSR count). The van der Waals surface area contributed by atoms with Crippen LogP contribution < -0.4 is 10.6 Å². The Kier molecular flexibility index (Phi) is 7.76. The molecule has 0 aliphatic carbocycles. The van der Waals surface area contributed by atoms with Gasteiger partial charge in [-0.2, -0.15) is 0 Å². The van der Waals surface area contributed by atoms with Crippen LogP contribution in [-0.2, 0) is 13.0 Å². The maximum atomic E-state index is 3.52. The Balaban J connectivity index is 2.27. The number of nitrogens with one attached hydrogen (secondary N) is 2. The number of hydrogen-bond acceptors (Lipinski definition) is 2. The maximum Gasteiger partial charge on any atom is 0.0205 e. The van der Waals surface area contributed by atoms with Crippen molar-refractivity contribution in [3.8, 4) is 0 Å². The fourth-order valence-electron chi connectivity index (χ4n) is 1.94. The van der Waals surface area contributed by atoms with Gasteiger partial charge in [0.2, 0.25) is 0 Å². The SMILES string of the molecule is CCC(C)CNCc1ccc(CCNC(C)C)cc1. The molecule has 0 fully saturated rings. The topological polar surface area (TPSA) is 24.1 Å². The molecular weight excluding hydrogens is 232 g/mol. The van der Waals surface area contributed by atoms with E-state index in [1.54, 1.807) is 0 Å². The molecule has 0 bridgehead atoms. The van der Waals surface area contributed by atoms with E-state index in [0.717, 1.165) is 32.0 Å². The minimum atomic E-state index is 0.573. The molecular formula is C17H30N2. The summed E-state index contributed by atoms with van der Waals surface area (Å²) in [6, 6.07) is 9.57. The highest BCUT2D eigenvalue weighted by Crippen LogP contribution is 2.05. The van der Waals surface area contributed by atoms with E-state index < -0.39 is 0 Å². The monoisotopic (exact) mass is 262 g/mol. The smallest absolute Gasteiger partial charge is 0.0205 e. The van der Waals surface area contributed by atoms with Gasteiger partial charge in [0.1, 0.15) is 0 Å². The standard InChI is InChI=1S/C17H30N2/c1-5-15(4)12-18-13-17-8-6-16(7-9-17)10-11-19-14(2)3/h6-9,14-15,18-19H,5,10-13H2,1-4H3. The average molecular weight is 262 g/mol. The van der Waals surface area contributed by atoms with Crippen molar-refractivity contribution in [1.29, 1.82) is 0 Å². The van der Waals surface area contributed by atoms with E-state index in [2.05, 4.69) is 62.6 Å². The predicted octanol–water partition coefficient (Wildman–Crippen LogP) is 3.36. The number of benzene rings is 1.